The second kappa shape index (κ2) is 5.65. The first-order chi connectivity index (χ1) is 7.79. The lowest BCUT2D eigenvalue weighted by Gasteiger charge is -2.21. The van der Waals surface area contributed by atoms with E-state index in [1.807, 2.05) is 0 Å². The summed E-state index contributed by atoms with van der Waals surface area (Å²) in [6.45, 7) is 0. The van der Waals surface area contributed by atoms with Gasteiger partial charge in [-0.2, -0.15) is 0 Å². The summed E-state index contributed by atoms with van der Waals surface area (Å²) >= 11 is 6.06. The molecule has 2 rings (SSSR count). The second-order valence-electron chi connectivity index (χ2n) is 4.57. The fourth-order valence-corrected chi connectivity index (χ4v) is 2.70. The molecule has 1 N–H and O–H groups in total. The molecule has 1 aromatic heterocycles. The summed E-state index contributed by atoms with van der Waals surface area (Å²) in [5.41, 5.74) is 0.649. The van der Waals surface area contributed by atoms with Crippen LogP contribution in [0.25, 0.3) is 0 Å². The normalized spacial score (nSPS) is 20.4. The predicted octanol–water partition coefficient (Wildman–Crippen LogP) is 3.74. The van der Waals surface area contributed by atoms with Crippen molar-refractivity contribution < 1.29 is 5.11 Å². The molecule has 16 heavy (non-hydrogen) atoms. The molecule has 0 aromatic carbocycles. The molecular weight excluding hydrogens is 222 g/mol. The minimum absolute atomic E-state index is 0.329. The van der Waals surface area contributed by atoms with Crippen molar-refractivity contribution in [2.75, 3.05) is 0 Å². The monoisotopic (exact) mass is 239 g/mol. The Morgan fingerprint density at radius 2 is 1.94 bits per heavy atom. The zero-order valence-electron chi connectivity index (χ0n) is 9.40. The minimum Gasteiger partial charge on any atom is -0.386 e. The van der Waals surface area contributed by atoms with Gasteiger partial charge in [-0.1, -0.05) is 37.3 Å². The number of hydrogen-bond donors (Lipinski definition) is 1. The van der Waals surface area contributed by atoms with Crippen LogP contribution < -0.4 is 0 Å². The number of pyridine rings is 1. The lowest BCUT2D eigenvalue weighted by atomic mass is 9.92. The van der Waals surface area contributed by atoms with E-state index in [1.54, 1.807) is 18.3 Å². The van der Waals surface area contributed by atoms with Crippen LogP contribution in [0.3, 0.4) is 0 Å². The quantitative estimate of drug-likeness (QED) is 0.798. The molecule has 1 heterocycles. The molecule has 1 unspecified atom stereocenters. The van der Waals surface area contributed by atoms with E-state index in [9.17, 15) is 5.11 Å². The van der Waals surface area contributed by atoms with E-state index in [0.29, 0.717) is 16.6 Å². The molecule has 0 spiro atoms. The Bertz CT molecular complexity index is 334. The van der Waals surface area contributed by atoms with Crippen LogP contribution >= 0.6 is 11.6 Å². The van der Waals surface area contributed by atoms with Gasteiger partial charge in [0.1, 0.15) is 6.10 Å². The Balaban J connectivity index is 2.11. The highest BCUT2D eigenvalue weighted by Gasteiger charge is 2.24. The van der Waals surface area contributed by atoms with E-state index < -0.39 is 6.10 Å². The largest absolute Gasteiger partial charge is 0.386 e. The molecule has 0 saturated heterocycles. The Kier molecular flexibility index (Phi) is 4.19. The van der Waals surface area contributed by atoms with Crippen LogP contribution in [0.4, 0.5) is 0 Å². The Morgan fingerprint density at radius 3 is 2.56 bits per heavy atom. The highest BCUT2D eigenvalue weighted by Crippen LogP contribution is 2.34. The lowest BCUT2D eigenvalue weighted by Crippen LogP contribution is -2.13. The van der Waals surface area contributed by atoms with Gasteiger partial charge in [0.25, 0.3) is 0 Å². The van der Waals surface area contributed by atoms with Crippen LogP contribution in [-0.4, -0.2) is 10.1 Å². The second-order valence-corrected chi connectivity index (χ2v) is 4.97. The number of aliphatic hydroxyl groups is 1. The van der Waals surface area contributed by atoms with Crippen LogP contribution in [0.5, 0.6) is 0 Å². The molecule has 0 radical (unpaired) electrons. The molecule has 1 aromatic rings. The van der Waals surface area contributed by atoms with Crippen molar-refractivity contribution in [2.24, 2.45) is 5.92 Å². The average Bonchev–Trinajstić information content (AvgIpc) is 2.57. The first kappa shape index (κ1) is 11.9. The lowest BCUT2D eigenvalue weighted by molar-refractivity contribution is 0.0949. The fourth-order valence-electron chi connectivity index (χ4n) is 2.47. The molecule has 1 fully saturated rings. The van der Waals surface area contributed by atoms with Gasteiger partial charge in [0.05, 0.1) is 10.7 Å². The molecule has 2 nitrogen and oxygen atoms in total. The van der Waals surface area contributed by atoms with Crippen LogP contribution in [0.2, 0.25) is 5.02 Å². The van der Waals surface area contributed by atoms with E-state index in [1.165, 1.54) is 25.7 Å². The van der Waals surface area contributed by atoms with Gasteiger partial charge in [-0.05, 0) is 30.9 Å². The summed E-state index contributed by atoms with van der Waals surface area (Å²) in [5.74, 6) is 0.329. The summed E-state index contributed by atoms with van der Waals surface area (Å²) in [6.07, 6.45) is 8.40. The topological polar surface area (TPSA) is 33.1 Å². The summed E-state index contributed by atoms with van der Waals surface area (Å²) in [7, 11) is 0. The van der Waals surface area contributed by atoms with Gasteiger partial charge in [-0.25, -0.2) is 0 Å². The van der Waals surface area contributed by atoms with Gasteiger partial charge in [-0.15, -0.1) is 0 Å². The van der Waals surface area contributed by atoms with Crippen LogP contribution in [-0.2, 0) is 0 Å². The zero-order valence-corrected chi connectivity index (χ0v) is 10.2. The summed E-state index contributed by atoms with van der Waals surface area (Å²) in [5, 5.41) is 10.9. The van der Waals surface area contributed by atoms with E-state index in [2.05, 4.69) is 4.98 Å². The smallest absolute Gasteiger partial charge is 0.100 e. The third-order valence-corrected chi connectivity index (χ3v) is 3.73. The van der Waals surface area contributed by atoms with E-state index in [4.69, 9.17) is 11.6 Å². The van der Waals surface area contributed by atoms with Crippen molar-refractivity contribution in [1.29, 1.82) is 0 Å². The molecule has 1 aliphatic rings. The predicted molar refractivity (Wildman–Crippen MR) is 65.4 cm³/mol. The minimum atomic E-state index is -0.494. The molecule has 3 heteroatoms. The maximum absolute atomic E-state index is 10.3. The van der Waals surface area contributed by atoms with Gasteiger partial charge in [-0.3, -0.25) is 4.98 Å². The van der Waals surface area contributed by atoms with Gasteiger partial charge in [0.2, 0.25) is 0 Å². The maximum atomic E-state index is 10.3. The zero-order chi connectivity index (χ0) is 11.4. The third-order valence-electron chi connectivity index (χ3n) is 3.41. The van der Waals surface area contributed by atoms with Crippen molar-refractivity contribution >= 4 is 11.6 Å². The van der Waals surface area contributed by atoms with E-state index in [0.717, 1.165) is 12.8 Å². The van der Waals surface area contributed by atoms with Crippen molar-refractivity contribution in [3.63, 3.8) is 0 Å². The van der Waals surface area contributed by atoms with Gasteiger partial charge >= 0.3 is 0 Å². The average molecular weight is 240 g/mol. The van der Waals surface area contributed by atoms with Gasteiger partial charge in [0.15, 0.2) is 0 Å². The highest BCUT2D eigenvalue weighted by molar-refractivity contribution is 6.31. The molecule has 0 bridgehead atoms. The number of aliphatic hydroxyl groups excluding tert-OH is 1. The number of halogens is 1. The van der Waals surface area contributed by atoms with Crippen LogP contribution in [0.1, 0.15) is 50.3 Å². The van der Waals surface area contributed by atoms with Crippen molar-refractivity contribution in [3.8, 4) is 0 Å². The molecule has 0 aliphatic heterocycles. The van der Waals surface area contributed by atoms with Gasteiger partial charge in [0, 0.05) is 6.20 Å². The van der Waals surface area contributed by atoms with E-state index >= 15 is 0 Å². The molecule has 1 aliphatic carbocycles. The van der Waals surface area contributed by atoms with Crippen molar-refractivity contribution in [1.82, 2.24) is 4.98 Å². The molecule has 1 saturated carbocycles. The first-order valence-electron chi connectivity index (χ1n) is 6.07. The summed E-state index contributed by atoms with van der Waals surface area (Å²) in [6, 6.07) is 3.59. The molecule has 0 amide bonds. The van der Waals surface area contributed by atoms with Crippen molar-refractivity contribution in [3.05, 3.63) is 29.0 Å². The van der Waals surface area contributed by atoms with Crippen LogP contribution in [0, 0.1) is 5.92 Å². The molecular formula is C13H18ClNO. The molecule has 88 valence electrons. The standard InChI is InChI=1S/C13H18ClNO/c14-11-8-5-9-15-12(11)13(16)10-6-3-1-2-4-7-10/h5,8-10,13,16H,1-4,6-7H2. The SMILES string of the molecule is OC(c1ncccc1Cl)C1CCCCCC1. The van der Waals surface area contributed by atoms with Gasteiger partial charge < -0.3 is 5.11 Å². The summed E-state index contributed by atoms with van der Waals surface area (Å²) < 4.78 is 0. The number of rotatable bonds is 2. The van der Waals surface area contributed by atoms with Crippen molar-refractivity contribution in [2.45, 2.75) is 44.6 Å². The summed E-state index contributed by atoms with van der Waals surface area (Å²) in [4.78, 5) is 4.20. The Labute approximate surface area is 102 Å². The highest BCUT2D eigenvalue weighted by atomic mass is 35.5. The number of nitrogens with zero attached hydrogens (tertiary/aromatic N) is 1. The maximum Gasteiger partial charge on any atom is 0.100 e. The fraction of sp³-hybridized carbons (Fsp3) is 0.615. The molecule has 1 atom stereocenters. The van der Waals surface area contributed by atoms with Crippen LogP contribution in [0.15, 0.2) is 18.3 Å². The number of hydrogen-bond acceptors (Lipinski definition) is 2. The van der Waals surface area contributed by atoms with E-state index in [-0.39, 0.29) is 0 Å². The Hall–Kier alpha value is -0.600. The third kappa shape index (κ3) is 2.74. The Morgan fingerprint density at radius 1 is 1.25 bits per heavy atom. The first-order valence-corrected chi connectivity index (χ1v) is 6.45. The number of aromatic nitrogens is 1.